The molecular formula is C26H13F5N4Zn. The average Bonchev–Trinajstić information content (AvgIpc) is 3.62. The summed E-state index contributed by atoms with van der Waals surface area (Å²) >= 11 is 0. The molecule has 36 heavy (non-hydrogen) atoms. The Bertz CT molecular complexity index is 1740. The van der Waals surface area contributed by atoms with E-state index >= 15 is 0 Å². The summed E-state index contributed by atoms with van der Waals surface area (Å²) in [6.07, 6.45) is 5.02. The summed E-state index contributed by atoms with van der Waals surface area (Å²) in [5.41, 5.74) is 3.09. The van der Waals surface area contributed by atoms with Gasteiger partial charge in [0, 0.05) is 47.1 Å². The van der Waals surface area contributed by atoms with Gasteiger partial charge >= 0.3 is 0 Å². The molecule has 0 saturated carbocycles. The molecule has 0 aliphatic carbocycles. The van der Waals surface area contributed by atoms with E-state index in [1.807, 2.05) is 30.4 Å². The summed E-state index contributed by atoms with van der Waals surface area (Å²) in [5, 5.41) is 0. The van der Waals surface area contributed by atoms with Crippen LogP contribution in [0, 0.1) is 29.1 Å². The maximum atomic E-state index is 14.7. The molecule has 2 N–H and O–H groups in total. The van der Waals surface area contributed by atoms with Gasteiger partial charge in [-0.3, -0.25) is 0 Å². The zero-order valence-corrected chi connectivity index (χ0v) is 21.3. The predicted molar refractivity (Wildman–Crippen MR) is 123 cm³/mol. The molecule has 8 bridgehead atoms. The average molecular weight is 542 g/mol. The Hall–Kier alpha value is -3.91. The van der Waals surface area contributed by atoms with E-state index in [9.17, 15) is 22.0 Å². The molecular weight excluding hydrogens is 529 g/mol. The summed E-state index contributed by atoms with van der Waals surface area (Å²) in [7, 11) is 0. The van der Waals surface area contributed by atoms with Crippen LogP contribution < -0.4 is 0 Å². The molecule has 3 aromatic heterocycles. The number of fused-ring (bicyclic) bond motifs is 8. The number of H-pyrrole nitrogens is 2. The zero-order chi connectivity index (χ0) is 24.3. The summed E-state index contributed by atoms with van der Waals surface area (Å²) < 4.78 is 70.9. The predicted octanol–water partition coefficient (Wildman–Crippen LogP) is 6.77. The molecule has 1 aromatic carbocycles. The minimum Gasteiger partial charge on any atom is -0.355 e. The van der Waals surface area contributed by atoms with Gasteiger partial charge in [0.2, 0.25) is 5.82 Å². The van der Waals surface area contributed by atoms with Crippen molar-refractivity contribution in [3.63, 3.8) is 0 Å². The Morgan fingerprint density at radius 2 is 0.972 bits per heavy atom. The molecule has 0 spiro atoms. The summed E-state index contributed by atoms with van der Waals surface area (Å²) in [5.74, 6) is -10.1. The fraction of sp³-hybridized carbons (Fsp3) is 0. The van der Waals surface area contributed by atoms with Crippen molar-refractivity contribution in [2.75, 3.05) is 0 Å². The Morgan fingerprint density at radius 3 is 1.50 bits per heavy atom. The van der Waals surface area contributed by atoms with Crippen molar-refractivity contribution < 1.29 is 41.4 Å². The third-order valence-corrected chi connectivity index (χ3v) is 5.64. The van der Waals surface area contributed by atoms with E-state index in [0.717, 1.165) is 11.2 Å². The van der Waals surface area contributed by atoms with Crippen LogP contribution in [-0.2, 0) is 19.5 Å². The molecule has 5 heterocycles. The van der Waals surface area contributed by atoms with Gasteiger partial charge in [-0.15, -0.1) is 0 Å². The van der Waals surface area contributed by atoms with Gasteiger partial charge in [0.1, 0.15) is 0 Å². The van der Waals surface area contributed by atoms with Gasteiger partial charge in [-0.1, -0.05) is 0 Å². The summed E-state index contributed by atoms with van der Waals surface area (Å²) in [6, 6.07) is 13.8. The first-order valence-electron chi connectivity index (χ1n) is 10.5. The van der Waals surface area contributed by atoms with E-state index in [2.05, 4.69) is 19.9 Å². The molecule has 2 aliphatic heterocycles. The van der Waals surface area contributed by atoms with Gasteiger partial charge in [0.05, 0.1) is 28.3 Å². The second kappa shape index (κ2) is 8.95. The van der Waals surface area contributed by atoms with Gasteiger partial charge in [-0.05, 0) is 66.8 Å². The van der Waals surface area contributed by atoms with Crippen LogP contribution in [0.4, 0.5) is 22.0 Å². The number of aromatic amines is 2. The van der Waals surface area contributed by atoms with E-state index in [1.54, 1.807) is 24.3 Å². The van der Waals surface area contributed by atoms with Crippen molar-refractivity contribution >= 4 is 45.9 Å². The minimum absolute atomic E-state index is 0. The fourth-order valence-electron chi connectivity index (χ4n) is 4.06. The van der Waals surface area contributed by atoms with Crippen molar-refractivity contribution in [2.24, 2.45) is 0 Å². The molecule has 0 saturated heterocycles. The third kappa shape index (κ3) is 4.07. The SMILES string of the molecule is Fc1c(F)c(F)c(C2=Cc3cc4ccc(cc5nc(cc6ccc(cc2n3)[nH]6)C=C5)[nH]4)c(F)c1F.[Zn]. The maximum absolute atomic E-state index is 14.7. The number of benzene rings is 1. The largest absolute Gasteiger partial charge is 0.355 e. The monoisotopic (exact) mass is 540 g/mol. The first kappa shape index (κ1) is 23.8. The number of nitrogens with one attached hydrogen (secondary N) is 2. The zero-order valence-electron chi connectivity index (χ0n) is 18.3. The molecule has 4 aromatic rings. The molecule has 10 heteroatoms. The number of hydrogen-bond donors (Lipinski definition) is 2. The first-order chi connectivity index (χ1) is 16.9. The van der Waals surface area contributed by atoms with Crippen LogP contribution in [-0.4, -0.2) is 19.9 Å². The van der Waals surface area contributed by atoms with E-state index in [4.69, 9.17) is 0 Å². The molecule has 0 atom stereocenters. The molecule has 4 nitrogen and oxygen atoms in total. The molecule has 174 valence electrons. The Morgan fingerprint density at radius 1 is 0.528 bits per heavy atom. The number of rotatable bonds is 1. The van der Waals surface area contributed by atoms with Crippen molar-refractivity contribution in [3.8, 4) is 0 Å². The van der Waals surface area contributed by atoms with Crippen LogP contribution in [0.25, 0.3) is 45.9 Å². The Balaban J connectivity index is 0.00000267. The number of hydrogen-bond acceptors (Lipinski definition) is 2. The van der Waals surface area contributed by atoms with Crippen LogP contribution >= 0.6 is 0 Å². The van der Waals surface area contributed by atoms with Crippen LogP contribution in [0.5, 0.6) is 0 Å². The Labute approximate surface area is 213 Å². The standard InChI is InChI=1S/C26H13F5N4.Zn/c27-22-21(23(28)25(30)26(31)24(22)29)19-10-18-9-16-4-3-14(33-16)7-12-1-2-13(32-12)8-15-5-6-17(34-15)11-20(19)35-18;/h1-11,33-34H;. The smallest absolute Gasteiger partial charge is 0.200 e. The number of nitrogens with zero attached hydrogens (tertiary/aromatic N) is 2. The molecule has 6 rings (SSSR count). The maximum Gasteiger partial charge on any atom is 0.200 e. The first-order valence-corrected chi connectivity index (χ1v) is 10.5. The third-order valence-electron chi connectivity index (χ3n) is 5.64. The van der Waals surface area contributed by atoms with Crippen LogP contribution in [0.2, 0.25) is 0 Å². The summed E-state index contributed by atoms with van der Waals surface area (Å²) in [6.45, 7) is 0. The number of aromatic nitrogens is 4. The van der Waals surface area contributed by atoms with Gasteiger partial charge in [0.15, 0.2) is 23.3 Å². The molecule has 2 aliphatic rings. The number of halogens is 5. The fourth-order valence-corrected chi connectivity index (χ4v) is 4.06. The van der Waals surface area contributed by atoms with Gasteiger partial charge < -0.3 is 9.97 Å². The van der Waals surface area contributed by atoms with Crippen LogP contribution in [0.3, 0.4) is 0 Å². The second-order valence-electron chi connectivity index (χ2n) is 8.04. The van der Waals surface area contributed by atoms with E-state index in [-0.39, 0.29) is 36.4 Å². The van der Waals surface area contributed by atoms with Crippen molar-refractivity contribution in [1.29, 1.82) is 0 Å². The normalized spacial score (nSPS) is 12.4. The van der Waals surface area contributed by atoms with E-state index in [0.29, 0.717) is 22.2 Å². The minimum atomic E-state index is -2.21. The quantitative estimate of drug-likeness (QED) is 0.104. The molecule has 0 fully saturated rings. The topological polar surface area (TPSA) is 57.4 Å². The Kier molecular flexibility index (Phi) is 5.92. The van der Waals surface area contributed by atoms with Gasteiger partial charge in [0.25, 0.3) is 0 Å². The van der Waals surface area contributed by atoms with Crippen molar-refractivity contribution in [1.82, 2.24) is 19.9 Å². The van der Waals surface area contributed by atoms with Gasteiger partial charge in [-0.25, -0.2) is 31.9 Å². The van der Waals surface area contributed by atoms with E-state index < -0.39 is 34.6 Å². The van der Waals surface area contributed by atoms with Crippen LogP contribution in [0.1, 0.15) is 28.3 Å². The van der Waals surface area contributed by atoms with Crippen molar-refractivity contribution in [3.05, 3.63) is 106 Å². The molecule has 0 radical (unpaired) electrons. The van der Waals surface area contributed by atoms with Crippen molar-refractivity contribution in [2.45, 2.75) is 0 Å². The second-order valence-corrected chi connectivity index (χ2v) is 8.04. The van der Waals surface area contributed by atoms with Crippen LogP contribution in [0.15, 0.2) is 48.5 Å². The van der Waals surface area contributed by atoms with Gasteiger partial charge in [-0.2, -0.15) is 0 Å². The molecule has 0 unspecified atom stereocenters. The molecule has 0 amide bonds. The summed E-state index contributed by atoms with van der Waals surface area (Å²) in [4.78, 5) is 15.2. The van der Waals surface area contributed by atoms with E-state index in [1.165, 1.54) is 12.1 Å².